The average Bonchev–Trinajstić information content (AvgIpc) is 3.96. The van der Waals surface area contributed by atoms with E-state index in [1.165, 1.54) is 54.3 Å². The predicted molar refractivity (Wildman–Crippen MR) is 228 cm³/mol. The zero-order chi connectivity index (χ0) is 37.1. The molecule has 54 heavy (non-hydrogen) atoms. The summed E-state index contributed by atoms with van der Waals surface area (Å²) < 4.78 is 0. The maximum Gasteiger partial charge on any atom is 0.0884 e. The Bertz CT molecular complexity index is 2870. The van der Waals surface area contributed by atoms with E-state index in [4.69, 9.17) is 9.98 Å². The van der Waals surface area contributed by atoms with E-state index in [1.807, 2.05) is 0 Å². The van der Waals surface area contributed by atoms with Gasteiger partial charge in [0.15, 0.2) is 0 Å². The SMILES string of the molecule is Cc1cc(C)c(C2=c3ccc([nH]3)=C3C=CC(=N3)C(c3c(C)cc(C)cc3C)=c3[nH]c(cc3Sc3ccccc3)=C3C=C(Sc4ccccc4)C2=N3)c(C)c1. The molecule has 0 amide bonds. The molecule has 0 saturated heterocycles. The second-order valence-electron chi connectivity index (χ2n) is 14.4. The summed E-state index contributed by atoms with van der Waals surface area (Å²) in [4.78, 5) is 23.4. The topological polar surface area (TPSA) is 56.3 Å². The van der Waals surface area contributed by atoms with E-state index in [0.717, 1.165) is 65.2 Å². The largest absolute Gasteiger partial charge is 0.353 e. The van der Waals surface area contributed by atoms with Crippen molar-refractivity contribution in [1.82, 2.24) is 9.97 Å². The number of nitrogens with one attached hydrogen (secondary N) is 2. The maximum absolute atomic E-state index is 5.60. The van der Waals surface area contributed by atoms with Gasteiger partial charge in [0.05, 0.1) is 38.9 Å². The van der Waals surface area contributed by atoms with Crippen LogP contribution in [0, 0.1) is 41.5 Å². The molecule has 0 saturated carbocycles. The number of benzene rings is 4. The van der Waals surface area contributed by atoms with Crippen LogP contribution in [0.2, 0.25) is 0 Å². The van der Waals surface area contributed by atoms with Crippen LogP contribution in [0.5, 0.6) is 0 Å². The van der Waals surface area contributed by atoms with Gasteiger partial charge in [-0.05, 0) is 136 Å². The molecular weight excluding hydrogens is 697 g/mol. The Balaban J connectivity index is 1.44. The van der Waals surface area contributed by atoms with E-state index >= 15 is 0 Å². The number of nitrogens with zero attached hydrogens (tertiary/aromatic N) is 2. The van der Waals surface area contributed by atoms with Gasteiger partial charge in [0, 0.05) is 36.1 Å². The Morgan fingerprint density at radius 2 is 1.07 bits per heavy atom. The number of aliphatic imine (C=N–C) groups is 2. The van der Waals surface area contributed by atoms with Crippen molar-refractivity contribution >= 4 is 57.5 Å². The van der Waals surface area contributed by atoms with Crippen molar-refractivity contribution in [1.29, 1.82) is 0 Å². The standard InChI is InChI=1S/C48H40N4S2/c1-27-21-29(3)43(30(4)22-27)45-37-19-17-35(49-37)36-18-20-38(50-36)46(44-31(5)23-28(2)24-32(44)6)48-42(54-34-15-11-8-12-16-34)26-40(52-48)39-25-41(47(45)51-39)53-33-13-9-7-10-14-33/h7-26,49,52H,1-6H3. The number of H-pyrrole nitrogens is 2. The van der Waals surface area contributed by atoms with E-state index in [1.54, 1.807) is 23.5 Å². The number of aromatic nitrogens is 2. The van der Waals surface area contributed by atoms with Crippen LogP contribution in [-0.4, -0.2) is 21.4 Å². The minimum absolute atomic E-state index is 0.904. The number of aromatic amines is 2. The first-order valence-corrected chi connectivity index (χ1v) is 20.0. The number of allylic oxidation sites excluding steroid dienone is 2. The van der Waals surface area contributed by atoms with Crippen molar-refractivity contribution in [3.05, 3.63) is 192 Å². The molecule has 0 spiro atoms. The minimum Gasteiger partial charge on any atom is -0.353 e. The van der Waals surface area contributed by atoms with Crippen molar-refractivity contribution in [2.45, 2.75) is 56.2 Å². The van der Waals surface area contributed by atoms with Crippen LogP contribution in [0.1, 0.15) is 44.5 Å². The molecule has 5 heterocycles. The van der Waals surface area contributed by atoms with Crippen molar-refractivity contribution in [3.63, 3.8) is 0 Å². The Morgan fingerprint density at radius 1 is 0.500 bits per heavy atom. The molecule has 264 valence electrons. The Kier molecular flexibility index (Phi) is 8.68. The van der Waals surface area contributed by atoms with Crippen molar-refractivity contribution in [2.24, 2.45) is 9.98 Å². The lowest BCUT2D eigenvalue weighted by Crippen LogP contribution is -2.22. The highest BCUT2D eigenvalue weighted by atomic mass is 32.2. The molecule has 0 radical (unpaired) electrons. The highest BCUT2D eigenvalue weighted by Gasteiger charge is 2.27. The molecule has 3 aliphatic rings. The van der Waals surface area contributed by atoms with E-state index in [-0.39, 0.29) is 0 Å². The van der Waals surface area contributed by atoms with Crippen LogP contribution in [0.3, 0.4) is 0 Å². The lowest BCUT2D eigenvalue weighted by Gasteiger charge is -2.17. The van der Waals surface area contributed by atoms with Gasteiger partial charge in [0.1, 0.15) is 0 Å². The Morgan fingerprint density at radius 3 is 1.70 bits per heavy atom. The third-order valence-corrected chi connectivity index (χ3v) is 12.3. The van der Waals surface area contributed by atoms with Crippen molar-refractivity contribution in [2.75, 3.05) is 0 Å². The molecule has 0 fully saturated rings. The van der Waals surface area contributed by atoms with E-state index < -0.39 is 0 Å². The second kappa shape index (κ2) is 13.7. The molecule has 0 unspecified atom stereocenters. The van der Waals surface area contributed by atoms with Crippen LogP contribution in [0.25, 0.3) is 22.5 Å². The van der Waals surface area contributed by atoms with E-state index in [9.17, 15) is 0 Å². The lowest BCUT2D eigenvalue weighted by molar-refractivity contribution is 1.20. The summed E-state index contributed by atoms with van der Waals surface area (Å²) in [7, 11) is 0. The van der Waals surface area contributed by atoms with Gasteiger partial charge >= 0.3 is 0 Å². The Hall–Kier alpha value is -5.56. The van der Waals surface area contributed by atoms with Gasteiger partial charge in [-0.15, -0.1) is 0 Å². The van der Waals surface area contributed by atoms with E-state index in [0.29, 0.717) is 0 Å². The molecule has 0 atom stereocenters. The van der Waals surface area contributed by atoms with Gasteiger partial charge in [-0.1, -0.05) is 95.3 Å². The highest BCUT2D eigenvalue weighted by Crippen LogP contribution is 2.39. The monoisotopic (exact) mass is 736 g/mol. The fourth-order valence-corrected chi connectivity index (χ4v) is 10.1. The van der Waals surface area contributed by atoms with Gasteiger partial charge in [0.2, 0.25) is 0 Å². The highest BCUT2D eigenvalue weighted by molar-refractivity contribution is 8.04. The zero-order valence-corrected chi connectivity index (χ0v) is 32.9. The maximum atomic E-state index is 5.60. The number of hydrogen-bond donors (Lipinski definition) is 2. The summed E-state index contributed by atoms with van der Waals surface area (Å²) in [5, 5.41) is 4.00. The first-order chi connectivity index (χ1) is 26.2. The van der Waals surface area contributed by atoms with Gasteiger partial charge in [-0.3, -0.25) is 0 Å². The number of fused-ring (bicyclic) bond motifs is 6. The smallest absolute Gasteiger partial charge is 0.0884 e. The second-order valence-corrected chi connectivity index (χ2v) is 16.6. The van der Waals surface area contributed by atoms with Gasteiger partial charge in [0.25, 0.3) is 0 Å². The fraction of sp³-hybridized carbons (Fsp3) is 0.125. The van der Waals surface area contributed by atoms with Crippen LogP contribution < -0.4 is 21.4 Å². The predicted octanol–water partition coefficient (Wildman–Crippen LogP) is 8.81. The van der Waals surface area contributed by atoms with Gasteiger partial charge in [-0.25, -0.2) is 9.98 Å². The van der Waals surface area contributed by atoms with Crippen LogP contribution in [-0.2, 0) is 0 Å². The minimum atomic E-state index is 0.904. The average molecular weight is 737 g/mol. The number of rotatable bonds is 6. The number of thioether (sulfide) groups is 1. The third-order valence-electron chi connectivity index (χ3n) is 10.2. The number of hydrogen-bond acceptors (Lipinski definition) is 4. The zero-order valence-electron chi connectivity index (χ0n) is 31.3. The first-order valence-electron chi connectivity index (χ1n) is 18.3. The van der Waals surface area contributed by atoms with Crippen LogP contribution in [0.15, 0.2) is 151 Å². The van der Waals surface area contributed by atoms with Crippen molar-refractivity contribution < 1.29 is 0 Å². The molecular formula is C48H40N4S2. The van der Waals surface area contributed by atoms with Crippen LogP contribution in [0.4, 0.5) is 0 Å². The number of aryl methyl sites for hydroxylation is 6. The summed E-state index contributed by atoms with van der Waals surface area (Å²) in [6.07, 6.45) is 6.59. The quantitative estimate of drug-likeness (QED) is 0.180. The molecule has 8 bridgehead atoms. The fourth-order valence-electron chi connectivity index (χ4n) is 8.12. The summed E-state index contributed by atoms with van der Waals surface area (Å²) >= 11 is 3.53. The normalized spacial score (nSPS) is 14.7. The van der Waals surface area contributed by atoms with Gasteiger partial charge < -0.3 is 9.97 Å². The molecule has 6 heteroatoms. The summed E-state index contributed by atoms with van der Waals surface area (Å²) in [6, 6.07) is 37.0. The molecule has 6 aromatic rings. The van der Waals surface area contributed by atoms with E-state index in [2.05, 4.69) is 173 Å². The summed E-state index contributed by atoms with van der Waals surface area (Å²) in [5.41, 5.74) is 15.7. The molecule has 2 aromatic heterocycles. The summed E-state index contributed by atoms with van der Waals surface area (Å²) in [5.74, 6) is 0. The van der Waals surface area contributed by atoms with Crippen molar-refractivity contribution in [3.8, 4) is 0 Å². The molecule has 4 nitrogen and oxygen atoms in total. The lowest BCUT2D eigenvalue weighted by atomic mass is 9.90. The van der Waals surface area contributed by atoms with Gasteiger partial charge in [-0.2, -0.15) is 0 Å². The molecule has 2 N–H and O–H groups in total. The molecule has 3 aliphatic heterocycles. The molecule has 9 rings (SSSR count). The molecule has 0 aliphatic carbocycles. The summed E-state index contributed by atoms with van der Waals surface area (Å²) in [6.45, 7) is 13.2. The third kappa shape index (κ3) is 6.19. The Labute approximate surface area is 324 Å². The van der Waals surface area contributed by atoms with Crippen LogP contribution >= 0.6 is 23.5 Å². The molecule has 4 aromatic carbocycles. The first kappa shape index (κ1) is 34.2.